The van der Waals surface area contributed by atoms with Gasteiger partial charge in [-0.15, -0.1) is 0 Å². The van der Waals surface area contributed by atoms with Crippen LogP contribution in [-0.4, -0.2) is 51.5 Å². The van der Waals surface area contributed by atoms with Gasteiger partial charge in [-0.1, -0.05) is 11.6 Å². The molecule has 1 amide bonds. The molecule has 0 aliphatic carbocycles. The summed E-state index contributed by atoms with van der Waals surface area (Å²) in [5, 5.41) is 3.82. The number of halogens is 1. The van der Waals surface area contributed by atoms with E-state index in [4.69, 9.17) is 11.6 Å². The van der Waals surface area contributed by atoms with Gasteiger partial charge in [0.2, 0.25) is 5.91 Å². The fourth-order valence-electron chi connectivity index (χ4n) is 2.65. The molecule has 0 aromatic carbocycles. The van der Waals surface area contributed by atoms with E-state index in [-0.39, 0.29) is 5.91 Å². The summed E-state index contributed by atoms with van der Waals surface area (Å²) in [5.41, 5.74) is 1.56. The third kappa shape index (κ3) is 3.01. The van der Waals surface area contributed by atoms with Crippen molar-refractivity contribution in [1.29, 1.82) is 0 Å². The molecule has 6 nitrogen and oxygen atoms in total. The number of imidazole rings is 1. The Hall–Kier alpha value is -1.66. The van der Waals surface area contributed by atoms with Crippen LogP contribution in [0.2, 0.25) is 5.02 Å². The molecule has 7 heteroatoms. The second-order valence-electron chi connectivity index (χ2n) is 5.19. The van der Waals surface area contributed by atoms with E-state index < -0.39 is 0 Å². The molecule has 3 heterocycles. The molecular weight excluding hydrogens is 290 g/mol. The van der Waals surface area contributed by atoms with Crippen molar-refractivity contribution in [2.75, 3.05) is 26.2 Å². The number of amides is 1. The molecule has 21 heavy (non-hydrogen) atoms. The Bertz CT molecular complexity index is 663. The number of rotatable bonds is 3. The lowest BCUT2D eigenvalue weighted by Gasteiger charge is -2.27. The highest BCUT2D eigenvalue weighted by Gasteiger charge is 2.17. The second kappa shape index (κ2) is 5.99. The maximum Gasteiger partial charge on any atom is 0.224 e. The van der Waals surface area contributed by atoms with Crippen LogP contribution in [0.3, 0.4) is 0 Å². The first-order chi connectivity index (χ1) is 10.1. The van der Waals surface area contributed by atoms with Crippen molar-refractivity contribution in [3.63, 3.8) is 0 Å². The van der Waals surface area contributed by atoms with Crippen molar-refractivity contribution < 1.29 is 4.79 Å². The third-order valence-corrected chi connectivity index (χ3v) is 3.97. The number of fused-ring (bicyclic) bond motifs is 1. The predicted octanol–water partition coefficient (Wildman–Crippen LogP) is 1.22. The van der Waals surface area contributed by atoms with E-state index in [0.717, 1.165) is 43.2 Å². The molecule has 0 unspecified atom stereocenters. The highest BCUT2D eigenvalue weighted by atomic mass is 35.5. The van der Waals surface area contributed by atoms with Gasteiger partial charge in [-0.2, -0.15) is 0 Å². The first kappa shape index (κ1) is 14.3. The SMILES string of the molecule is Cc1nc2cc(Cl)cnc2n1CCC(=O)N1CCNCC1. The molecule has 3 rings (SSSR count). The molecule has 2 aromatic rings. The number of hydrogen-bond donors (Lipinski definition) is 1. The predicted molar refractivity (Wildman–Crippen MR) is 81.3 cm³/mol. The molecule has 1 saturated heterocycles. The Kier molecular flexibility index (Phi) is 4.07. The number of aryl methyl sites for hydroxylation is 2. The third-order valence-electron chi connectivity index (χ3n) is 3.76. The molecule has 1 aliphatic heterocycles. The van der Waals surface area contributed by atoms with Gasteiger partial charge in [-0.05, 0) is 13.0 Å². The van der Waals surface area contributed by atoms with Crippen LogP contribution in [-0.2, 0) is 11.3 Å². The van der Waals surface area contributed by atoms with E-state index in [9.17, 15) is 4.79 Å². The summed E-state index contributed by atoms with van der Waals surface area (Å²) in [6.45, 7) is 5.84. The van der Waals surface area contributed by atoms with Crippen molar-refractivity contribution in [1.82, 2.24) is 24.8 Å². The quantitative estimate of drug-likeness (QED) is 0.926. The number of aromatic nitrogens is 3. The van der Waals surface area contributed by atoms with Crippen molar-refractivity contribution in [3.8, 4) is 0 Å². The zero-order valence-corrected chi connectivity index (χ0v) is 12.7. The minimum atomic E-state index is 0.187. The summed E-state index contributed by atoms with van der Waals surface area (Å²) in [7, 11) is 0. The number of piperazine rings is 1. The summed E-state index contributed by atoms with van der Waals surface area (Å²) in [6, 6.07) is 1.80. The lowest BCUT2D eigenvalue weighted by molar-refractivity contribution is -0.131. The molecule has 0 bridgehead atoms. The van der Waals surface area contributed by atoms with E-state index in [1.54, 1.807) is 12.3 Å². The summed E-state index contributed by atoms with van der Waals surface area (Å²) in [6.07, 6.45) is 2.08. The Labute approximate surface area is 128 Å². The fraction of sp³-hybridized carbons (Fsp3) is 0.500. The number of nitrogens with zero attached hydrogens (tertiary/aromatic N) is 4. The van der Waals surface area contributed by atoms with Gasteiger partial charge < -0.3 is 14.8 Å². The van der Waals surface area contributed by atoms with Crippen LogP contribution in [0.25, 0.3) is 11.2 Å². The van der Waals surface area contributed by atoms with Crippen molar-refractivity contribution in [2.45, 2.75) is 19.9 Å². The smallest absolute Gasteiger partial charge is 0.224 e. The average molecular weight is 308 g/mol. The largest absolute Gasteiger partial charge is 0.340 e. The first-order valence-electron chi connectivity index (χ1n) is 7.12. The fourth-order valence-corrected chi connectivity index (χ4v) is 2.80. The normalized spacial score (nSPS) is 15.6. The van der Waals surface area contributed by atoms with E-state index in [1.165, 1.54) is 0 Å². The van der Waals surface area contributed by atoms with Gasteiger partial charge in [-0.25, -0.2) is 9.97 Å². The monoisotopic (exact) mass is 307 g/mol. The van der Waals surface area contributed by atoms with Crippen LogP contribution in [0.4, 0.5) is 0 Å². The van der Waals surface area contributed by atoms with E-state index >= 15 is 0 Å². The van der Waals surface area contributed by atoms with Crippen LogP contribution >= 0.6 is 11.6 Å². The maximum absolute atomic E-state index is 12.2. The molecular formula is C14H18ClN5O. The molecule has 2 aromatic heterocycles. The standard InChI is InChI=1S/C14H18ClN5O/c1-10-18-12-8-11(15)9-17-14(12)20(10)5-2-13(21)19-6-3-16-4-7-19/h8-9,16H,2-7H2,1H3. The number of carbonyl (C=O) groups excluding carboxylic acids is 1. The van der Waals surface area contributed by atoms with Crippen molar-refractivity contribution >= 4 is 28.7 Å². The molecule has 0 spiro atoms. The van der Waals surface area contributed by atoms with Crippen molar-refractivity contribution in [3.05, 3.63) is 23.1 Å². The Morgan fingerprint density at radius 1 is 1.43 bits per heavy atom. The number of nitrogens with one attached hydrogen (secondary N) is 1. The van der Waals surface area contributed by atoms with Gasteiger partial charge in [0.05, 0.1) is 5.02 Å². The summed E-state index contributed by atoms with van der Waals surface area (Å²) >= 11 is 5.93. The summed E-state index contributed by atoms with van der Waals surface area (Å²) in [5.74, 6) is 1.04. The number of pyridine rings is 1. The molecule has 1 N–H and O–H groups in total. The molecule has 1 aliphatic rings. The van der Waals surface area contributed by atoms with Crippen LogP contribution in [0, 0.1) is 6.92 Å². The highest BCUT2D eigenvalue weighted by molar-refractivity contribution is 6.31. The van der Waals surface area contributed by atoms with Crippen LogP contribution in [0.1, 0.15) is 12.2 Å². The topological polar surface area (TPSA) is 63.1 Å². The Balaban J connectivity index is 1.72. The van der Waals surface area contributed by atoms with Crippen molar-refractivity contribution in [2.24, 2.45) is 0 Å². The lowest BCUT2D eigenvalue weighted by Crippen LogP contribution is -2.46. The van der Waals surface area contributed by atoms with Gasteiger partial charge >= 0.3 is 0 Å². The summed E-state index contributed by atoms with van der Waals surface area (Å²) < 4.78 is 1.98. The van der Waals surface area contributed by atoms with Gasteiger partial charge in [0.25, 0.3) is 0 Å². The van der Waals surface area contributed by atoms with Gasteiger partial charge in [0, 0.05) is 45.3 Å². The van der Waals surface area contributed by atoms with E-state index in [2.05, 4.69) is 15.3 Å². The Morgan fingerprint density at radius 3 is 2.95 bits per heavy atom. The van der Waals surface area contributed by atoms with Gasteiger partial charge in [-0.3, -0.25) is 4.79 Å². The molecule has 0 radical (unpaired) electrons. The number of carbonyl (C=O) groups is 1. The second-order valence-corrected chi connectivity index (χ2v) is 5.62. The van der Waals surface area contributed by atoms with Gasteiger partial charge in [0.1, 0.15) is 11.3 Å². The zero-order valence-electron chi connectivity index (χ0n) is 12.0. The van der Waals surface area contributed by atoms with E-state index in [0.29, 0.717) is 18.0 Å². The van der Waals surface area contributed by atoms with Crippen LogP contribution in [0.15, 0.2) is 12.3 Å². The zero-order chi connectivity index (χ0) is 14.8. The Morgan fingerprint density at radius 2 is 2.19 bits per heavy atom. The molecule has 1 fully saturated rings. The molecule has 112 valence electrons. The van der Waals surface area contributed by atoms with Crippen LogP contribution < -0.4 is 5.32 Å². The minimum Gasteiger partial charge on any atom is -0.340 e. The number of hydrogen-bond acceptors (Lipinski definition) is 4. The summed E-state index contributed by atoms with van der Waals surface area (Å²) in [4.78, 5) is 22.9. The molecule has 0 saturated carbocycles. The average Bonchev–Trinajstić information content (AvgIpc) is 2.80. The van der Waals surface area contributed by atoms with Gasteiger partial charge in [0.15, 0.2) is 5.65 Å². The van der Waals surface area contributed by atoms with E-state index in [1.807, 2.05) is 16.4 Å². The minimum absolute atomic E-state index is 0.187. The lowest BCUT2D eigenvalue weighted by atomic mass is 10.3. The first-order valence-corrected chi connectivity index (χ1v) is 7.50. The van der Waals surface area contributed by atoms with Crippen LogP contribution in [0.5, 0.6) is 0 Å². The molecule has 0 atom stereocenters. The maximum atomic E-state index is 12.2. The highest BCUT2D eigenvalue weighted by Crippen LogP contribution is 2.18.